The van der Waals surface area contributed by atoms with Crippen LogP contribution in [0.1, 0.15) is 30.1 Å². The predicted octanol–water partition coefficient (Wildman–Crippen LogP) is 1.86. The molecule has 20 heavy (non-hydrogen) atoms. The molecule has 1 aromatic rings. The molecular formula is C13H17ClN2O3S. The van der Waals surface area contributed by atoms with E-state index >= 15 is 0 Å². The van der Waals surface area contributed by atoms with Gasteiger partial charge >= 0.3 is 0 Å². The third-order valence-electron chi connectivity index (χ3n) is 3.34. The Morgan fingerprint density at radius 2 is 2.10 bits per heavy atom. The van der Waals surface area contributed by atoms with Gasteiger partial charge in [-0.3, -0.25) is 4.79 Å². The van der Waals surface area contributed by atoms with Crippen LogP contribution < -0.4 is 5.14 Å². The Hall–Kier alpha value is -1.11. The summed E-state index contributed by atoms with van der Waals surface area (Å²) in [5.74, 6) is 0.133. The van der Waals surface area contributed by atoms with Crippen molar-refractivity contribution in [2.75, 3.05) is 13.1 Å². The molecule has 0 atom stereocenters. The van der Waals surface area contributed by atoms with Crippen molar-refractivity contribution in [3.8, 4) is 0 Å². The van der Waals surface area contributed by atoms with Crippen LogP contribution in [0, 0.1) is 5.92 Å². The lowest BCUT2D eigenvalue weighted by molar-refractivity contribution is 0.0753. The zero-order valence-electron chi connectivity index (χ0n) is 11.2. The number of carbonyl (C=O) groups is 1. The summed E-state index contributed by atoms with van der Waals surface area (Å²) < 4.78 is 23.2. The van der Waals surface area contributed by atoms with Crippen molar-refractivity contribution in [1.82, 2.24) is 4.90 Å². The molecule has 0 spiro atoms. The molecule has 0 aliphatic heterocycles. The van der Waals surface area contributed by atoms with Crippen LogP contribution in [-0.4, -0.2) is 32.3 Å². The highest BCUT2D eigenvalue weighted by molar-refractivity contribution is 7.89. The molecule has 1 amide bonds. The van der Waals surface area contributed by atoms with Crippen LogP contribution in [0.15, 0.2) is 23.1 Å². The standard InChI is InChI=1S/C13H17ClN2O3S/c1-2-16(8-9-6-7-9)13(17)12-10(14)4-3-5-11(12)20(15,18)19/h3-5,9H,2,6-8H2,1H3,(H2,15,18,19). The van der Waals surface area contributed by atoms with Crippen LogP contribution in [0.2, 0.25) is 5.02 Å². The van der Waals surface area contributed by atoms with Gasteiger partial charge in [0.05, 0.1) is 15.5 Å². The summed E-state index contributed by atoms with van der Waals surface area (Å²) in [6, 6.07) is 4.27. The van der Waals surface area contributed by atoms with Crippen LogP contribution >= 0.6 is 11.6 Å². The van der Waals surface area contributed by atoms with E-state index in [9.17, 15) is 13.2 Å². The predicted molar refractivity (Wildman–Crippen MR) is 77.1 cm³/mol. The first-order chi connectivity index (χ1) is 9.34. The molecule has 2 rings (SSSR count). The lowest BCUT2D eigenvalue weighted by Crippen LogP contribution is -2.34. The molecule has 5 nitrogen and oxygen atoms in total. The number of nitrogens with zero attached hydrogens (tertiary/aromatic N) is 1. The van der Waals surface area contributed by atoms with E-state index < -0.39 is 10.0 Å². The summed E-state index contributed by atoms with van der Waals surface area (Å²) in [5, 5.41) is 5.27. The highest BCUT2D eigenvalue weighted by atomic mass is 35.5. The van der Waals surface area contributed by atoms with Crippen molar-refractivity contribution in [2.45, 2.75) is 24.7 Å². The van der Waals surface area contributed by atoms with Crippen LogP contribution in [0.3, 0.4) is 0 Å². The van der Waals surface area contributed by atoms with Gasteiger partial charge in [-0.1, -0.05) is 17.7 Å². The topological polar surface area (TPSA) is 80.5 Å². The fourth-order valence-electron chi connectivity index (χ4n) is 2.07. The number of rotatable bonds is 5. The van der Waals surface area contributed by atoms with Crippen LogP contribution in [-0.2, 0) is 10.0 Å². The smallest absolute Gasteiger partial charge is 0.256 e. The lowest BCUT2D eigenvalue weighted by atomic mass is 10.2. The molecule has 0 heterocycles. The van der Waals surface area contributed by atoms with Gasteiger partial charge in [-0.2, -0.15) is 0 Å². The Balaban J connectivity index is 2.42. The number of primary sulfonamides is 1. The molecule has 0 saturated heterocycles. The second-order valence-corrected chi connectivity index (χ2v) is 6.88. The van der Waals surface area contributed by atoms with Crippen LogP contribution in [0.4, 0.5) is 0 Å². The molecule has 2 N–H and O–H groups in total. The van der Waals surface area contributed by atoms with Crippen molar-refractivity contribution >= 4 is 27.5 Å². The molecule has 7 heteroatoms. The zero-order valence-corrected chi connectivity index (χ0v) is 12.7. The number of hydrogen-bond donors (Lipinski definition) is 1. The number of halogens is 1. The van der Waals surface area contributed by atoms with Gasteiger partial charge < -0.3 is 4.90 Å². The van der Waals surface area contributed by atoms with E-state index in [4.69, 9.17) is 16.7 Å². The van der Waals surface area contributed by atoms with Crippen molar-refractivity contribution in [3.05, 3.63) is 28.8 Å². The highest BCUT2D eigenvalue weighted by Crippen LogP contribution is 2.31. The Morgan fingerprint density at radius 1 is 1.45 bits per heavy atom. The van der Waals surface area contributed by atoms with E-state index in [1.807, 2.05) is 6.92 Å². The van der Waals surface area contributed by atoms with E-state index in [-0.39, 0.29) is 21.4 Å². The maximum atomic E-state index is 12.5. The van der Waals surface area contributed by atoms with Gasteiger partial charge in [0.2, 0.25) is 10.0 Å². The van der Waals surface area contributed by atoms with E-state index in [0.717, 1.165) is 12.8 Å². The molecule has 0 radical (unpaired) electrons. The van der Waals surface area contributed by atoms with E-state index in [1.54, 1.807) is 4.90 Å². The minimum Gasteiger partial charge on any atom is -0.339 e. The van der Waals surface area contributed by atoms with Gasteiger partial charge in [-0.15, -0.1) is 0 Å². The molecule has 110 valence electrons. The van der Waals surface area contributed by atoms with Crippen molar-refractivity contribution in [2.24, 2.45) is 11.1 Å². The van der Waals surface area contributed by atoms with Gasteiger partial charge in [0.15, 0.2) is 0 Å². The first kappa shape index (κ1) is 15.3. The molecule has 1 aromatic carbocycles. The largest absolute Gasteiger partial charge is 0.339 e. The molecule has 0 unspecified atom stereocenters. The number of sulfonamides is 1. The summed E-state index contributed by atoms with van der Waals surface area (Å²) >= 11 is 6.02. The molecule has 0 bridgehead atoms. The number of nitrogens with two attached hydrogens (primary N) is 1. The number of amides is 1. The fourth-order valence-corrected chi connectivity index (χ4v) is 3.14. The summed E-state index contributed by atoms with van der Waals surface area (Å²) in [6.45, 7) is 2.99. The summed E-state index contributed by atoms with van der Waals surface area (Å²) in [7, 11) is -3.99. The van der Waals surface area contributed by atoms with Crippen molar-refractivity contribution in [1.29, 1.82) is 0 Å². The highest BCUT2D eigenvalue weighted by Gasteiger charge is 2.30. The minimum atomic E-state index is -3.99. The monoisotopic (exact) mass is 316 g/mol. The Bertz CT molecular complexity index is 627. The van der Waals surface area contributed by atoms with E-state index in [0.29, 0.717) is 19.0 Å². The molecule has 1 aliphatic carbocycles. The molecular weight excluding hydrogens is 300 g/mol. The average molecular weight is 317 g/mol. The lowest BCUT2D eigenvalue weighted by Gasteiger charge is -2.22. The average Bonchev–Trinajstić information content (AvgIpc) is 3.17. The maximum Gasteiger partial charge on any atom is 0.256 e. The second-order valence-electron chi connectivity index (χ2n) is 4.95. The van der Waals surface area contributed by atoms with Crippen molar-refractivity contribution < 1.29 is 13.2 Å². The van der Waals surface area contributed by atoms with Gasteiger partial charge in [-0.25, -0.2) is 13.6 Å². The third-order valence-corrected chi connectivity index (χ3v) is 4.61. The van der Waals surface area contributed by atoms with Gasteiger partial charge in [0.25, 0.3) is 5.91 Å². The minimum absolute atomic E-state index is 0.0285. The zero-order chi connectivity index (χ0) is 14.9. The van der Waals surface area contributed by atoms with Gasteiger partial charge in [-0.05, 0) is 37.8 Å². The first-order valence-corrected chi connectivity index (χ1v) is 8.37. The molecule has 1 aliphatic rings. The van der Waals surface area contributed by atoms with E-state index in [2.05, 4.69) is 0 Å². The second kappa shape index (κ2) is 5.71. The Kier molecular flexibility index (Phi) is 4.36. The van der Waals surface area contributed by atoms with Crippen LogP contribution in [0.5, 0.6) is 0 Å². The van der Waals surface area contributed by atoms with Crippen molar-refractivity contribution in [3.63, 3.8) is 0 Å². The molecule has 1 fully saturated rings. The first-order valence-electron chi connectivity index (χ1n) is 6.45. The summed E-state index contributed by atoms with van der Waals surface area (Å²) in [6.07, 6.45) is 2.21. The number of benzene rings is 1. The third kappa shape index (κ3) is 3.31. The quantitative estimate of drug-likeness (QED) is 0.900. The fraction of sp³-hybridized carbons (Fsp3) is 0.462. The Labute approximate surface area is 123 Å². The van der Waals surface area contributed by atoms with E-state index in [1.165, 1.54) is 18.2 Å². The van der Waals surface area contributed by atoms with Gasteiger partial charge in [0.1, 0.15) is 0 Å². The normalized spacial score (nSPS) is 15.2. The molecule has 0 aromatic heterocycles. The number of hydrogen-bond acceptors (Lipinski definition) is 3. The van der Waals surface area contributed by atoms with Gasteiger partial charge in [0, 0.05) is 13.1 Å². The summed E-state index contributed by atoms with van der Waals surface area (Å²) in [5.41, 5.74) is -0.0285. The van der Waals surface area contributed by atoms with Crippen LogP contribution in [0.25, 0.3) is 0 Å². The maximum absolute atomic E-state index is 12.5. The SMILES string of the molecule is CCN(CC1CC1)C(=O)c1c(Cl)cccc1S(N)(=O)=O. The summed E-state index contributed by atoms with van der Waals surface area (Å²) in [4.78, 5) is 13.9. The Morgan fingerprint density at radius 3 is 2.60 bits per heavy atom. The molecule has 1 saturated carbocycles. The number of carbonyl (C=O) groups excluding carboxylic acids is 1.